The molecule has 1 aromatic carbocycles. The summed E-state index contributed by atoms with van der Waals surface area (Å²) in [6, 6.07) is 8.14. The Hall–Kier alpha value is -2.24. The summed E-state index contributed by atoms with van der Waals surface area (Å²) in [5, 5.41) is 3.13. The second kappa shape index (κ2) is 9.80. The molecule has 0 radical (unpaired) electrons. The number of amides is 2. The number of benzene rings is 1. The summed E-state index contributed by atoms with van der Waals surface area (Å²) in [6.45, 7) is 3.76. The SMILES string of the molecule is CCOC(=O)C1CCC(CNC(=O)N2CCCC2c2ccc(OC)cc2)CC1. The van der Waals surface area contributed by atoms with Crippen LogP contribution in [0.5, 0.6) is 5.75 Å². The van der Waals surface area contributed by atoms with Gasteiger partial charge in [0.1, 0.15) is 5.75 Å². The summed E-state index contributed by atoms with van der Waals surface area (Å²) < 4.78 is 10.4. The Morgan fingerprint density at radius 3 is 2.46 bits per heavy atom. The normalized spacial score (nSPS) is 24.6. The second-order valence-corrected chi connectivity index (χ2v) is 7.78. The van der Waals surface area contributed by atoms with Crippen molar-refractivity contribution in [3.05, 3.63) is 29.8 Å². The van der Waals surface area contributed by atoms with Gasteiger partial charge in [-0.25, -0.2) is 4.79 Å². The van der Waals surface area contributed by atoms with E-state index in [2.05, 4.69) is 5.32 Å². The molecule has 1 unspecified atom stereocenters. The Labute approximate surface area is 167 Å². The van der Waals surface area contributed by atoms with Gasteiger partial charge in [0.05, 0.1) is 25.7 Å². The van der Waals surface area contributed by atoms with E-state index in [4.69, 9.17) is 9.47 Å². The first kappa shape index (κ1) is 20.5. The Morgan fingerprint density at radius 2 is 1.82 bits per heavy atom. The molecule has 0 spiro atoms. The maximum absolute atomic E-state index is 12.8. The monoisotopic (exact) mass is 388 g/mol. The molecular weight excluding hydrogens is 356 g/mol. The van der Waals surface area contributed by atoms with Crippen molar-refractivity contribution in [3.8, 4) is 5.75 Å². The number of nitrogens with one attached hydrogen (secondary N) is 1. The molecule has 1 heterocycles. The molecule has 0 bridgehead atoms. The molecule has 6 nitrogen and oxygen atoms in total. The third-order valence-electron chi connectivity index (χ3n) is 6.02. The molecule has 1 saturated heterocycles. The van der Waals surface area contributed by atoms with Gasteiger partial charge in [0.25, 0.3) is 0 Å². The zero-order valence-corrected chi connectivity index (χ0v) is 17.0. The molecule has 1 N–H and O–H groups in total. The van der Waals surface area contributed by atoms with Gasteiger partial charge in [-0.3, -0.25) is 4.79 Å². The number of methoxy groups -OCH3 is 1. The van der Waals surface area contributed by atoms with Crippen LogP contribution in [0.2, 0.25) is 0 Å². The molecular formula is C22H32N2O4. The van der Waals surface area contributed by atoms with Gasteiger partial charge in [-0.1, -0.05) is 12.1 Å². The van der Waals surface area contributed by atoms with Crippen LogP contribution in [0.15, 0.2) is 24.3 Å². The number of esters is 1. The molecule has 0 aromatic heterocycles. The van der Waals surface area contributed by atoms with Crippen molar-refractivity contribution in [1.29, 1.82) is 0 Å². The molecule has 1 aliphatic carbocycles. The van der Waals surface area contributed by atoms with Gasteiger partial charge >= 0.3 is 12.0 Å². The smallest absolute Gasteiger partial charge is 0.317 e. The predicted octanol–water partition coefficient (Wildman–Crippen LogP) is 3.91. The van der Waals surface area contributed by atoms with E-state index in [0.717, 1.165) is 56.4 Å². The van der Waals surface area contributed by atoms with Crippen molar-refractivity contribution in [3.63, 3.8) is 0 Å². The van der Waals surface area contributed by atoms with E-state index >= 15 is 0 Å². The van der Waals surface area contributed by atoms with Gasteiger partial charge in [-0.05, 0) is 69.1 Å². The van der Waals surface area contributed by atoms with E-state index in [1.807, 2.05) is 36.1 Å². The molecule has 28 heavy (non-hydrogen) atoms. The first-order valence-electron chi connectivity index (χ1n) is 10.5. The van der Waals surface area contributed by atoms with Crippen molar-refractivity contribution < 1.29 is 19.1 Å². The highest BCUT2D eigenvalue weighted by atomic mass is 16.5. The average Bonchev–Trinajstić information content (AvgIpc) is 3.22. The highest BCUT2D eigenvalue weighted by molar-refractivity contribution is 5.75. The second-order valence-electron chi connectivity index (χ2n) is 7.78. The summed E-state index contributed by atoms with van der Waals surface area (Å²) >= 11 is 0. The van der Waals surface area contributed by atoms with Crippen molar-refractivity contribution >= 4 is 12.0 Å². The van der Waals surface area contributed by atoms with Crippen LogP contribution in [0.4, 0.5) is 4.79 Å². The van der Waals surface area contributed by atoms with Gasteiger partial charge in [0.15, 0.2) is 0 Å². The van der Waals surface area contributed by atoms with Crippen LogP contribution in [0.1, 0.15) is 57.1 Å². The number of ether oxygens (including phenoxy) is 2. The largest absolute Gasteiger partial charge is 0.497 e. The van der Waals surface area contributed by atoms with Crippen LogP contribution >= 0.6 is 0 Å². The maximum atomic E-state index is 12.8. The van der Waals surface area contributed by atoms with E-state index in [1.165, 1.54) is 0 Å². The number of rotatable bonds is 6. The highest BCUT2D eigenvalue weighted by Gasteiger charge is 2.31. The molecule has 1 saturated carbocycles. The average molecular weight is 389 g/mol. The molecule has 2 amide bonds. The first-order chi connectivity index (χ1) is 13.6. The molecule has 6 heteroatoms. The number of hydrogen-bond donors (Lipinski definition) is 1. The minimum Gasteiger partial charge on any atom is -0.497 e. The number of likely N-dealkylation sites (tertiary alicyclic amines) is 1. The quantitative estimate of drug-likeness (QED) is 0.750. The van der Waals surface area contributed by atoms with E-state index in [-0.39, 0.29) is 24.0 Å². The third kappa shape index (κ3) is 4.97. The molecule has 154 valence electrons. The fourth-order valence-electron chi connectivity index (χ4n) is 4.38. The highest BCUT2D eigenvalue weighted by Crippen LogP contribution is 2.33. The molecule has 2 aliphatic rings. The van der Waals surface area contributed by atoms with Crippen LogP contribution in [0.3, 0.4) is 0 Å². The lowest BCUT2D eigenvalue weighted by molar-refractivity contribution is -0.149. The van der Waals surface area contributed by atoms with E-state index in [9.17, 15) is 9.59 Å². The number of nitrogens with zero attached hydrogens (tertiary/aromatic N) is 1. The van der Waals surface area contributed by atoms with Crippen LogP contribution in [-0.2, 0) is 9.53 Å². The number of urea groups is 1. The molecule has 3 rings (SSSR count). The van der Waals surface area contributed by atoms with E-state index < -0.39 is 0 Å². The lowest BCUT2D eigenvalue weighted by Gasteiger charge is -2.29. The van der Waals surface area contributed by atoms with E-state index in [1.54, 1.807) is 7.11 Å². The molecule has 1 atom stereocenters. The van der Waals surface area contributed by atoms with Crippen molar-refractivity contribution in [1.82, 2.24) is 10.2 Å². The number of carbonyl (C=O) groups excluding carboxylic acids is 2. The van der Waals surface area contributed by atoms with Crippen molar-refractivity contribution in [2.75, 3.05) is 26.8 Å². The minimum absolute atomic E-state index is 0.0193. The maximum Gasteiger partial charge on any atom is 0.317 e. The van der Waals surface area contributed by atoms with Gasteiger partial charge in [0.2, 0.25) is 0 Å². The summed E-state index contributed by atoms with van der Waals surface area (Å²) in [7, 11) is 1.66. The Morgan fingerprint density at radius 1 is 1.11 bits per heavy atom. The number of hydrogen-bond acceptors (Lipinski definition) is 4. The van der Waals surface area contributed by atoms with Gasteiger partial charge in [0, 0.05) is 13.1 Å². The minimum atomic E-state index is -0.0654. The molecule has 2 fully saturated rings. The summed E-state index contributed by atoms with van der Waals surface area (Å²) in [5.41, 5.74) is 1.16. The number of carbonyl (C=O) groups is 2. The summed E-state index contributed by atoms with van der Waals surface area (Å²) in [4.78, 5) is 26.6. The zero-order valence-electron chi connectivity index (χ0n) is 17.0. The lowest BCUT2D eigenvalue weighted by Crippen LogP contribution is -2.42. The van der Waals surface area contributed by atoms with Gasteiger partial charge in [-0.2, -0.15) is 0 Å². The van der Waals surface area contributed by atoms with Crippen LogP contribution in [0.25, 0.3) is 0 Å². The first-order valence-corrected chi connectivity index (χ1v) is 10.5. The Kier molecular flexibility index (Phi) is 7.18. The molecule has 1 aliphatic heterocycles. The Bertz CT molecular complexity index is 653. The van der Waals surface area contributed by atoms with Crippen molar-refractivity contribution in [2.24, 2.45) is 11.8 Å². The van der Waals surface area contributed by atoms with Crippen molar-refractivity contribution in [2.45, 2.75) is 51.5 Å². The Balaban J connectivity index is 1.47. The van der Waals surface area contributed by atoms with Crippen LogP contribution in [0, 0.1) is 11.8 Å². The predicted molar refractivity (Wildman–Crippen MR) is 107 cm³/mol. The zero-order chi connectivity index (χ0) is 19.9. The lowest BCUT2D eigenvalue weighted by atomic mass is 9.82. The topological polar surface area (TPSA) is 67.9 Å². The molecule has 1 aromatic rings. The third-order valence-corrected chi connectivity index (χ3v) is 6.02. The summed E-state index contributed by atoms with van der Waals surface area (Å²) in [6.07, 6.45) is 5.66. The van der Waals surface area contributed by atoms with Gasteiger partial charge in [-0.15, -0.1) is 0 Å². The fraction of sp³-hybridized carbons (Fsp3) is 0.636. The van der Waals surface area contributed by atoms with E-state index in [0.29, 0.717) is 19.1 Å². The summed E-state index contributed by atoms with van der Waals surface area (Å²) in [5.74, 6) is 1.24. The fourth-order valence-corrected chi connectivity index (χ4v) is 4.38. The standard InChI is InChI=1S/C22H32N2O4/c1-3-28-21(25)18-8-6-16(7-9-18)15-23-22(26)24-14-4-5-20(24)17-10-12-19(27-2)13-11-17/h10-13,16,18,20H,3-9,14-15H2,1-2H3,(H,23,26). The van der Waals surface area contributed by atoms with Crippen LogP contribution < -0.4 is 10.1 Å². The van der Waals surface area contributed by atoms with Gasteiger partial charge < -0.3 is 19.7 Å². The van der Waals surface area contributed by atoms with Crippen LogP contribution in [-0.4, -0.2) is 43.7 Å².